The molecule has 198 valence electrons. The highest BCUT2D eigenvalue weighted by Gasteiger charge is 2.35. The van der Waals surface area contributed by atoms with Crippen molar-refractivity contribution in [2.45, 2.75) is 19.9 Å². The monoisotopic (exact) mass is 522 g/mol. The lowest BCUT2D eigenvalue weighted by Crippen LogP contribution is -2.48. The molecule has 0 spiro atoms. The Hall–Kier alpha value is -4.50. The molecule has 1 saturated heterocycles. The van der Waals surface area contributed by atoms with Crippen molar-refractivity contribution in [3.05, 3.63) is 101 Å². The third-order valence-corrected chi connectivity index (χ3v) is 7.65. The minimum Gasteiger partial charge on any atom is -0.361 e. The smallest absolute Gasteiger partial charge is 0.261 e. The van der Waals surface area contributed by atoms with Crippen molar-refractivity contribution in [3.63, 3.8) is 0 Å². The van der Waals surface area contributed by atoms with Gasteiger partial charge in [-0.2, -0.15) is 0 Å². The van der Waals surface area contributed by atoms with Crippen LogP contribution in [0.3, 0.4) is 0 Å². The molecule has 4 heterocycles. The number of hydrogen-bond acceptors (Lipinski definition) is 7. The van der Waals surface area contributed by atoms with Crippen LogP contribution in [-0.2, 0) is 0 Å². The number of nitrogens with zero attached hydrogens (tertiary/aromatic N) is 5. The molecular formula is C30H30N6O3. The lowest BCUT2D eigenvalue weighted by molar-refractivity contribution is 0.0990. The van der Waals surface area contributed by atoms with Gasteiger partial charge in [0.15, 0.2) is 0 Å². The van der Waals surface area contributed by atoms with Gasteiger partial charge in [0.05, 0.1) is 23.6 Å². The molecule has 0 bridgehead atoms. The molecule has 1 unspecified atom stereocenters. The maximum absolute atomic E-state index is 13.3. The number of fused-ring (bicyclic) bond motifs is 2. The van der Waals surface area contributed by atoms with Gasteiger partial charge in [-0.05, 0) is 49.2 Å². The number of hydrogen-bond donors (Lipinski definition) is 1. The largest absolute Gasteiger partial charge is 0.361 e. The van der Waals surface area contributed by atoms with Crippen LogP contribution in [-0.4, -0.2) is 60.1 Å². The number of pyridine rings is 1. The van der Waals surface area contributed by atoms with E-state index in [4.69, 9.17) is 4.52 Å². The average Bonchev–Trinajstić information content (AvgIpc) is 3.27. The van der Waals surface area contributed by atoms with Gasteiger partial charge in [0.1, 0.15) is 17.1 Å². The molecule has 0 radical (unpaired) electrons. The molecule has 2 aromatic heterocycles. The van der Waals surface area contributed by atoms with Crippen molar-refractivity contribution in [1.29, 1.82) is 0 Å². The van der Waals surface area contributed by atoms with Gasteiger partial charge in [-0.25, -0.2) is 4.98 Å². The number of aromatic nitrogens is 2. The highest BCUT2D eigenvalue weighted by atomic mass is 16.5. The number of anilines is 3. The quantitative estimate of drug-likeness (QED) is 0.423. The zero-order valence-electron chi connectivity index (χ0n) is 22.2. The molecule has 39 heavy (non-hydrogen) atoms. The fourth-order valence-corrected chi connectivity index (χ4v) is 5.66. The number of carbonyl (C=O) groups excluding carboxylic acids is 2. The summed E-state index contributed by atoms with van der Waals surface area (Å²) in [6.07, 6.45) is 1.68. The fourth-order valence-electron chi connectivity index (χ4n) is 5.66. The van der Waals surface area contributed by atoms with Crippen LogP contribution in [0.25, 0.3) is 0 Å². The summed E-state index contributed by atoms with van der Waals surface area (Å²) in [4.78, 5) is 37.1. The van der Waals surface area contributed by atoms with E-state index in [1.807, 2.05) is 55.6 Å². The first-order valence-corrected chi connectivity index (χ1v) is 13.1. The number of para-hydroxylation sites is 1. The van der Waals surface area contributed by atoms with Crippen LogP contribution < -0.4 is 15.1 Å². The lowest BCUT2D eigenvalue weighted by atomic mass is 9.93. The second-order valence-electron chi connectivity index (χ2n) is 9.99. The van der Waals surface area contributed by atoms with Crippen molar-refractivity contribution < 1.29 is 14.1 Å². The van der Waals surface area contributed by atoms with E-state index in [-0.39, 0.29) is 17.9 Å². The van der Waals surface area contributed by atoms with E-state index in [0.717, 1.165) is 54.4 Å². The van der Waals surface area contributed by atoms with Gasteiger partial charge in [0, 0.05) is 44.5 Å². The van der Waals surface area contributed by atoms with Gasteiger partial charge >= 0.3 is 0 Å². The molecular weight excluding hydrogens is 492 g/mol. The average molecular weight is 523 g/mol. The second kappa shape index (κ2) is 9.99. The predicted octanol–water partition coefficient (Wildman–Crippen LogP) is 4.44. The Balaban J connectivity index is 1.19. The van der Waals surface area contributed by atoms with Gasteiger partial charge in [0.25, 0.3) is 11.8 Å². The second-order valence-corrected chi connectivity index (χ2v) is 9.99. The molecule has 1 atom stereocenters. The highest BCUT2D eigenvalue weighted by molar-refractivity contribution is 6.08. The fraction of sp³-hybridized carbons (Fsp3) is 0.267. The molecule has 0 aliphatic carbocycles. The van der Waals surface area contributed by atoms with Crippen LogP contribution in [0.1, 0.15) is 49.3 Å². The summed E-state index contributed by atoms with van der Waals surface area (Å²) in [5, 5.41) is 6.73. The first kappa shape index (κ1) is 24.8. The van der Waals surface area contributed by atoms with Crippen molar-refractivity contribution >= 4 is 29.0 Å². The molecule has 2 aliphatic rings. The van der Waals surface area contributed by atoms with E-state index in [0.29, 0.717) is 22.7 Å². The maximum Gasteiger partial charge on any atom is 0.261 e. The van der Waals surface area contributed by atoms with E-state index in [1.165, 1.54) is 0 Å². The van der Waals surface area contributed by atoms with Crippen LogP contribution in [0.2, 0.25) is 0 Å². The Labute approximate surface area is 227 Å². The van der Waals surface area contributed by atoms with Gasteiger partial charge in [-0.3, -0.25) is 14.5 Å². The molecule has 2 aromatic carbocycles. The summed E-state index contributed by atoms with van der Waals surface area (Å²) in [5.74, 6) is 1.11. The Kier molecular flexibility index (Phi) is 6.36. The minimum absolute atomic E-state index is 0.0108. The van der Waals surface area contributed by atoms with E-state index in [9.17, 15) is 9.59 Å². The molecule has 6 rings (SSSR count). The molecule has 4 aromatic rings. The summed E-state index contributed by atoms with van der Waals surface area (Å²) in [6.45, 7) is 6.69. The van der Waals surface area contributed by atoms with Crippen LogP contribution in [0.5, 0.6) is 0 Å². The third-order valence-electron chi connectivity index (χ3n) is 7.65. The van der Waals surface area contributed by atoms with E-state index in [2.05, 4.69) is 37.4 Å². The standard InChI is InChI=1S/C30H30N6O3/c1-19-27(20(2)39-33-19)29(37)32-21-12-13-26(31-18-21)35-14-16-36(17-15-35)28-22-8-4-5-9-23(22)30(38)34(3)25-11-7-6-10-24(25)28/h4-13,18,28H,14-17H2,1-3H3,(H,32,37). The Morgan fingerprint density at radius 3 is 2.36 bits per heavy atom. The SMILES string of the molecule is Cc1noc(C)c1C(=O)Nc1ccc(N2CCN(C3c4ccccc4C(=O)N(C)c4ccccc43)CC2)nc1. The van der Waals surface area contributed by atoms with Crippen LogP contribution in [0.4, 0.5) is 17.2 Å². The van der Waals surface area contributed by atoms with E-state index >= 15 is 0 Å². The summed E-state index contributed by atoms with van der Waals surface area (Å²) in [7, 11) is 1.85. The predicted molar refractivity (Wildman–Crippen MR) is 149 cm³/mol. The van der Waals surface area contributed by atoms with Crippen LogP contribution >= 0.6 is 0 Å². The summed E-state index contributed by atoms with van der Waals surface area (Å²) in [5.41, 5.74) is 5.50. The topological polar surface area (TPSA) is 94.8 Å². The first-order chi connectivity index (χ1) is 18.9. The Morgan fingerprint density at radius 1 is 0.949 bits per heavy atom. The van der Waals surface area contributed by atoms with Crippen molar-refractivity contribution in [2.75, 3.05) is 48.3 Å². The highest BCUT2D eigenvalue weighted by Crippen LogP contribution is 2.40. The van der Waals surface area contributed by atoms with Gasteiger partial charge < -0.3 is 19.6 Å². The van der Waals surface area contributed by atoms with Gasteiger partial charge in [0.2, 0.25) is 0 Å². The number of amides is 2. The van der Waals surface area contributed by atoms with Crippen molar-refractivity contribution in [2.24, 2.45) is 0 Å². The lowest BCUT2D eigenvalue weighted by Gasteiger charge is -2.40. The number of aryl methyl sites for hydroxylation is 2. The molecule has 2 amide bonds. The molecule has 0 saturated carbocycles. The maximum atomic E-state index is 13.3. The van der Waals surface area contributed by atoms with Crippen LogP contribution in [0, 0.1) is 13.8 Å². The number of carbonyl (C=O) groups is 2. The molecule has 1 N–H and O–H groups in total. The minimum atomic E-state index is -0.262. The van der Waals surface area contributed by atoms with Crippen molar-refractivity contribution in [3.8, 4) is 0 Å². The number of nitrogens with one attached hydrogen (secondary N) is 1. The van der Waals surface area contributed by atoms with E-state index in [1.54, 1.807) is 24.9 Å². The number of rotatable bonds is 4. The zero-order chi connectivity index (χ0) is 27.1. The normalized spacial score (nSPS) is 17.4. The summed E-state index contributed by atoms with van der Waals surface area (Å²) in [6, 6.07) is 19.9. The zero-order valence-corrected chi connectivity index (χ0v) is 22.2. The Bertz CT molecular complexity index is 1520. The molecule has 1 fully saturated rings. The van der Waals surface area contributed by atoms with Crippen LogP contribution in [0.15, 0.2) is 71.4 Å². The summed E-state index contributed by atoms with van der Waals surface area (Å²) < 4.78 is 5.11. The number of benzene rings is 2. The van der Waals surface area contributed by atoms with Gasteiger partial charge in [-0.15, -0.1) is 0 Å². The molecule has 9 nitrogen and oxygen atoms in total. The first-order valence-electron chi connectivity index (χ1n) is 13.1. The Morgan fingerprint density at radius 2 is 1.67 bits per heavy atom. The van der Waals surface area contributed by atoms with Gasteiger partial charge in [-0.1, -0.05) is 41.6 Å². The molecule has 9 heteroatoms. The summed E-state index contributed by atoms with van der Waals surface area (Å²) >= 11 is 0. The molecule has 2 aliphatic heterocycles. The van der Waals surface area contributed by atoms with Crippen molar-refractivity contribution in [1.82, 2.24) is 15.0 Å². The third kappa shape index (κ3) is 4.44. The number of piperazine rings is 1. The van der Waals surface area contributed by atoms with E-state index < -0.39 is 0 Å².